The zero-order valence-corrected chi connectivity index (χ0v) is 13.2. The number of nitrogens with one attached hydrogen (secondary N) is 1. The molecule has 1 aromatic heterocycles. The van der Waals surface area contributed by atoms with Gasteiger partial charge in [0, 0.05) is 45.3 Å². The van der Waals surface area contributed by atoms with Crippen LogP contribution in [0.25, 0.3) is 0 Å². The summed E-state index contributed by atoms with van der Waals surface area (Å²) in [5.74, 6) is 0.950. The maximum atomic E-state index is 12.8. The molecular weight excluding hydrogens is 282 g/mol. The van der Waals surface area contributed by atoms with Gasteiger partial charge in [-0.3, -0.25) is 9.69 Å². The van der Waals surface area contributed by atoms with Crippen molar-refractivity contribution in [3.63, 3.8) is 0 Å². The fraction of sp³-hybridized carbons (Fsp3) is 0.688. The molecule has 1 amide bonds. The highest BCUT2D eigenvalue weighted by Crippen LogP contribution is 2.43. The van der Waals surface area contributed by atoms with Crippen molar-refractivity contribution in [1.82, 2.24) is 15.1 Å². The van der Waals surface area contributed by atoms with Crippen LogP contribution in [-0.2, 0) is 0 Å². The Morgan fingerprint density at radius 3 is 2.76 bits per heavy atom. The molecule has 3 aliphatic rings. The minimum absolute atomic E-state index is 0.282. The van der Waals surface area contributed by atoms with Gasteiger partial charge >= 0.3 is 0 Å². The van der Waals surface area contributed by atoms with Gasteiger partial charge in [-0.15, -0.1) is 11.3 Å². The number of hydrogen-bond acceptors (Lipinski definition) is 4. The van der Waals surface area contributed by atoms with E-state index in [0.717, 1.165) is 50.6 Å². The maximum absolute atomic E-state index is 12.8. The zero-order chi connectivity index (χ0) is 14.2. The molecule has 0 spiro atoms. The number of carbonyl (C=O) groups excluding carboxylic acids is 1. The minimum atomic E-state index is 0.282. The van der Waals surface area contributed by atoms with Gasteiger partial charge in [-0.05, 0) is 42.2 Å². The van der Waals surface area contributed by atoms with Crippen LogP contribution in [0.4, 0.5) is 0 Å². The van der Waals surface area contributed by atoms with Crippen molar-refractivity contribution in [3.05, 3.63) is 21.9 Å². The predicted molar refractivity (Wildman–Crippen MR) is 85.0 cm³/mol. The first-order chi connectivity index (χ1) is 10.3. The quantitative estimate of drug-likeness (QED) is 0.924. The molecule has 114 valence electrons. The Balaban J connectivity index is 1.42. The molecule has 4 nitrogen and oxygen atoms in total. The molecule has 3 heterocycles. The molecule has 1 unspecified atom stereocenters. The second kappa shape index (κ2) is 5.71. The summed E-state index contributed by atoms with van der Waals surface area (Å²) in [5, 5.41) is 5.49. The Hall–Kier alpha value is -0.910. The third-order valence-electron chi connectivity index (χ3n) is 5.03. The summed E-state index contributed by atoms with van der Waals surface area (Å²) >= 11 is 1.63. The molecule has 3 fully saturated rings. The van der Waals surface area contributed by atoms with Crippen molar-refractivity contribution in [1.29, 1.82) is 0 Å². The first kappa shape index (κ1) is 13.7. The van der Waals surface area contributed by atoms with E-state index in [1.54, 1.807) is 11.3 Å². The molecule has 4 rings (SSSR count). The van der Waals surface area contributed by atoms with Crippen LogP contribution in [0.5, 0.6) is 0 Å². The van der Waals surface area contributed by atoms with Crippen molar-refractivity contribution >= 4 is 17.2 Å². The normalized spacial score (nSPS) is 27.2. The van der Waals surface area contributed by atoms with Crippen molar-refractivity contribution in [3.8, 4) is 0 Å². The van der Waals surface area contributed by atoms with Gasteiger partial charge in [-0.2, -0.15) is 0 Å². The number of carbonyl (C=O) groups is 1. The number of likely N-dealkylation sites (tertiary alicyclic amines) is 1. The summed E-state index contributed by atoms with van der Waals surface area (Å²) in [6, 6.07) is 2.74. The molecule has 5 heteroatoms. The van der Waals surface area contributed by atoms with E-state index in [-0.39, 0.29) is 5.91 Å². The van der Waals surface area contributed by atoms with Gasteiger partial charge in [-0.1, -0.05) is 0 Å². The summed E-state index contributed by atoms with van der Waals surface area (Å²) in [5.41, 5.74) is 1.32. The van der Waals surface area contributed by atoms with Crippen LogP contribution < -0.4 is 5.32 Å². The third-order valence-corrected chi connectivity index (χ3v) is 5.94. The monoisotopic (exact) mass is 305 g/mol. The topological polar surface area (TPSA) is 35.6 Å². The molecule has 1 aliphatic carbocycles. The average Bonchev–Trinajstić information content (AvgIpc) is 3.06. The molecule has 1 aromatic rings. The van der Waals surface area contributed by atoms with E-state index in [9.17, 15) is 4.79 Å². The van der Waals surface area contributed by atoms with E-state index >= 15 is 0 Å². The zero-order valence-electron chi connectivity index (χ0n) is 12.4. The Labute approximate surface area is 130 Å². The van der Waals surface area contributed by atoms with Crippen molar-refractivity contribution in [2.75, 3.05) is 39.3 Å². The molecule has 1 atom stereocenters. The fourth-order valence-corrected chi connectivity index (χ4v) is 4.58. The number of thiophene rings is 1. The van der Waals surface area contributed by atoms with E-state index in [1.165, 1.54) is 18.4 Å². The highest BCUT2D eigenvalue weighted by atomic mass is 32.1. The SMILES string of the molecule is O=C(c1sccc1C1CC1)N1CCC(N2CCNCC2)C1. The van der Waals surface area contributed by atoms with Crippen LogP contribution in [-0.4, -0.2) is 61.0 Å². The van der Waals surface area contributed by atoms with Gasteiger partial charge in [0.1, 0.15) is 0 Å². The Morgan fingerprint density at radius 1 is 1.19 bits per heavy atom. The van der Waals surface area contributed by atoms with Gasteiger partial charge in [-0.25, -0.2) is 0 Å². The van der Waals surface area contributed by atoms with Crippen LogP contribution in [0.15, 0.2) is 11.4 Å². The lowest BCUT2D eigenvalue weighted by Crippen LogP contribution is -2.49. The Morgan fingerprint density at radius 2 is 2.00 bits per heavy atom. The van der Waals surface area contributed by atoms with Crippen LogP contribution in [0.2, 0.25) is 0 Å². The highest BCUT2D eigenvalue weighted by Gasteiger charge is 2.35. The van der Waals surface area contributed by atoms with E-state index in [2.05, 4.69) is 26.6 Å². The summed E-state index contributed by atoms with van der Waals surface area (Å²) < 4.78 is 0. The lowest BCUT2D eigenvalue weighted by Gasteiger charge is -2.32. The lowest BCUT2D eigenvalue weighted by atomic mass is 10.1. The molecule has 21 heavy (non-hydrogen) atoms. The van der Waals surface area contributed by atoms with Crippen LogP contribution in [0, 0.1) is 0 Å². The number of nitrogens with zero attached hydrogens (tertiary/aromatic N) is 2. The predicted octanol–water partition coefficient (Wildman–Crippen LogP) is 1.75. The van der Waals surface area contributed by atoms with Crippen molar-refractivity contribution in [2.45, 2.75) is 31.2 Å². The average molecular weight is 305 g/mol. The second-order valence-electron chi connectivity index (χ2n) is 6.46. The summed E-state index contributed by atoms with van der Waals surface area (Å²) in [7, 11) is 0. The number of rotatable bonds is 3. The Kier molecular flexibility index (Phi) is 3.73. The standard InChI is InChI=1S/C16H23N3OS/c20-16(15-14(4-10-21-15)12-1-2-12)19-7-3-13(11-19)18-8-5-17-6-9-18/h4,10,12-13,17H,1-3,5-9,11H2. The van der Waals surface area contributed by atoms with Gasteiger partial charge in [0.05, 0.1) is 4.88 Å². The largest absolute Gasteiger partial charge is 0.336 e. The second-order valence-corrected chi connectivity index (χ2v) is 7.38. The maximum Gasteiger partial charge on any atom is 0.264 e. The molecule has 1 N–H and O–H groups in total. The van der Waals surface area contributed by atoms with Crippen LogP contribution in [0.1, 0.15) is 40.4 Å². The first-order valence-corrected chi connectivity index (χ1v) is 9.02. The lowest BCUT2D eigenvalue weighted by molar-refractivity contribution is 0.0777. The molecule has 1 saturated carbocycles. The van der Waals surface area contributed by atoms with E-state index in [0.29, 0.717) is 12.0 Å². The third kappa shape index (κ3) is 2.74. The Bertz CT molecular complexity index is 519. The summed E-state index contributed by atoms with van der Waals surface area (Å²) in [6.45, 7) is 6.26. The summed E-state index contributed by atoms with van der Waals surface area (Å²) in [6.07, 6.45) is 3.66. The molecule has 2 saturated heterocycles. The first-order valence-electron chi connectivity index (χ1n) is 8.14. The van der Waals surface area contributed by atoms with Gasteiger partial charge in [0.15, 0.2) is 0 Å². The van der Waals surface area contributed by atoms with E-state index < -0.39 is 0 Å². The van der Waals surface area contributed by atoms with Crippen LogP contribution in [0.3, 0.4) is 0 Å². The van der Waals surface area contributed by atoms with Gasteiger partial charge < -0.3 is 10.2 Å². The number of amides is 1. The highest BCUT2D eigenvalue weighted by molar-refractivity contribution is 7.12. The number of piperazine rings is 1. The molecule has 0 radical (unpaired) electrons. The van der Waals surface area contributed by atoms with Crippen molar-refractivity contribution < 1.29 is 4.79 Å². The van der Waals surface area contributed by atoms with Crippen LogP contribution >= 0.6 is 11.3 Å². The fourth-order valence-electron chi connectivity index (χ4n) is 3.62. The van der Waals surface area contributed by atoms with Gasteiger partial charge in [0.25, 0.3) is 5.91 Å². The van der Waals surface area contributed by atoms with Crippen molar-refractivity contribution in [2.24, 2.45) is 0 Å². The van der Waals surface area contributed by atoms with E-state index in [4.69, 9.17) is 0 Å². The molecule has 0 bridgehead atoms. The van der Waals surface area contributed by atoms with Gasteiger partial charge in [0.2, 0.25) is 0 Å². The number of hydrogen-bond donors (Lipinski definition) is 1. The van der Waals surface area contributed by atoms with E-state index in [1.807, 2.05) is 0 Å². The molecule has 2 aliphatic heterocycles. The minimum Gasteiger partial charge on any atom is -0.336 e. The summed E-state index contributed by atoms with van der Waals surface area (Å²) in [4.78, 5) is 18.5. The smallest absolute Gasteiger partial charge is 0.264 e. The molecular formula is C16H23N3OS. The molecule has 0 aromatic carbocycles.